The fraction of sp³-hybridized carbons (Fsp3) is 0.160. The normalized spacial score (nSPS) is 19.8. The molecule has 3 atom stereocenters. The van der Waals surface area contributed by atoms with Crippen molar-refractivity contribution in [1.82, 2.24) is 0 Å². The number of aliphatic carboxylic acids is 1. The van der Waals surface area contributed by atoms with Crippen LogP contribution in [0.4, 0.5) is 0 Å². The van der Waals surface area contributed by atoms with Gasteiger partial charge in [0.2, 0.25) is 5.76 Å². The Balaban J connectivity index is 1.88. The SMILES string of the molecule is COc1c(-c2ccccc2)cc(O[C@@H]2OC(C(=O)O)=C[C@H](O)[C@H]2O)c(-c2ccccc2)c1O. The highest BCUT2D eigenvalue weighted by atomic mass is 16.7. The Bertz CT molecular complexity index is 1170. The number of rotatable bonds is 6. The Morgan fingerprint density at radius 3 is 2.15 bits per heavy atom. The van der Waals surface area contributed by atoms with E-state index >= 15 is 0 Å². The molecule has 1 aliphatic heterocycles. The van der Waals surface area contributed by atoms with Gasteiger partial charge in [0.15, 0.2) is 17.6 Å². The number of carboxylic acids is 1. The van der Waals surface area contributed by atoms with Gasteiger partial charge in [0.25, 0.3) is 6.29 Å². The third-order valence-corrected chi connectivity index (χ3v) is 5.22. The van der Waals surface area contributed by atoms with Crippen LogP contribution >= 0.6 is 0 Å². The molecule has 1 aliphatic rings. The summed E-state index contributed by atoms with van der Waals surface area (Å²) in [5.74, 6) is -1.87. The molecule has 0 amide bonds. The van der Waals surface area contributed by atoms with E-state index in [1.54, 1.807) is 30.3 Å². The number of aromatic hydroxyl groups is 1. The number of benzene rings is 3. The minimum Gasteiger partial charge on any atom is -0.504 e. The smallest absolute Gasteiger partial charge is 0.371 e. The molecule has 3 aromatic carbocycles. The van der Waals surface area contributed by atoms with E-state index in [0.717, 1.165) is 11.6 Å². The maximum Gasteiger partial charge on any atom is 0.371 e. The highest BCUT2D eigenvalue weighted by Crippen LogP contribution is 2.50. The lowest BCUT2D eigenvalue weighted by Crippen LogP contribution is -2.46. The van der Waals surface area contributed by atoms with Crippen LogP contribution in [0, 0.1) is 0 Å². The van der Waals surface area contributed by atoms with Crippen molar-refractivity contribution < 1.29 is 39.4 Å². The number of phenols is 1. The van der Waals surface area contributed by atoms with Gasteiger partial charge >= 0.3 is 5.97 Å². The van der Waals surface area contributed by atoms with Crippen LogP contribution in [0.2, 0.25) is 0 Å². The number of aliphatic hydroxyl groups excluding tert-OH is 2. The quantitative estimate of drug-likeness (QED) is 0.451. The monoisotopic (exact) mass is 450 g/mol. The van der Waals surface area contributed by atoms with Gasteiger partial charge in [-0.2, -0.15) is 0 Å². The Morgan fingerprint density at radius 1 is 0.970 bits per heavy atom. The molecule has 0 unspecified atom stereocenters. The van der Waals surface area contributed by atoms with Gasteiger partial charge in [-0.25, -0.2) is 4.79 Å². The minimum absolute atomic E-state index is 0.0984. The number of hydrogen-bond acceptors (Lipinski definition) is 7. The molecule has 8 heteroatoms. The second kappa shape index (κ2) is 9.23. The highest BCUT2D eigenvalue weighted by Gasteiger charge is 2.37. The third-order valence-electron chi connectivity index (χ3n) is 5.22. The van der Waals surface area contributed by atoms with Crippen molar-refractivity contribution in [2.75, 3.05) is 7.11 Å². The molecular formula is C25H22O8. The van der Waals surface area contributed by atoms with E-state index < -0.39 is 30.2 Å². The van der Waals surface area contributed by atoms with E-state index in [1.807, 2.05) is 36.4 Å². The predicted molar refractivity (Wildman–Crippen MR) is 119 cm³/mol. The van der Waals surface area contributed by atoms with Crippen LogP contribution in [-0.4, -0.2) is 52.0 Å². The summed E-state index contributed by atoms with van der Waals surface area (Å²) < 4.78 is 16.7. The summed E-state index contributed by atoms with van der Waals surface area (Å²) in [5.41, 5.74) is 2.07. The minimum atomic E-state index is -1.57. The Labute approximate surface area is 189 Å². The van der Waals surface area contributed by atoms with E-state index in [1.165, 1.54) is 7.11 Å². The van der Waals surface area contributed by atoms with Crippen LogP contribution < -0.4 is 9.47 Å². The fourth-order valence-electron chi connectivity index (χ4n) is 3.63. The first-order valence-corrected chi connectivity index (χ1v) is 10.1. The molecule has 0 fully saturated rings. The summed E-state index contributed by atoms with van der Waals surface area (Å²) in [7, 11) is 1.44. The lowest BCUT2D eigenvalue weighted by Gasteiger charge is -2.31. The lowest BCUT2D eigenvalue weighted by atomic mass is 9.96. The first-order valence-electron chi connectivity index (χ1n) is 10.1. The molecule has 4 N–H and O–H groups in total. The van der Waals surface area contributed by atoms with Crippen LogP contribution in [0.25, 0.3) is 22.3 Å². The van der Waals surface area contributed by atoms with Gasteiger partial charge < -0.3 is 34.6 Å². The topological polar surface area (TPSA) is 126 Å². The van der Waals surface area contributed by atoms with Crippen molar-refractivity contribution in [3.05, 3.63) is 78.6 Å². The molecule has 8 nitrogen and oxygen atoms in total. The van der Waals surface area contributed by atoms with Crippen molar-refractivity contribution in [2.24, 2.45) is 0 Å². The van der Waals surface area contributed by atoms with Gasteiger partial charge in [0.1, 0.15) is 11.9 Å². The van der Waals surface area contributed by atoms with Gasteiger partial charge in [-0.05, 0) is 23.3 Å². The van der Waals surface area contributed by atoms with Crippen LogP contribution in [0.15, 0.2) is 78.6 Å². The van der Waals surface area contributed by atoms with Crippen molar-refractivity contribution >= 4 is 5.97 Å². The predicted octanol–water partition coefficient (Wildman–Crippen LogP) is 3.16. The molecule has 0 saturated carbocycles. The van der Waals surface area contributed by atoms with E-state index in [0.29, 0.717) is 11.1 Å². The second-order valence-electron chi connectivity index (χ2n) is 7.33. The number of carboxylic acid groups (broad SMARTS) is 1. The third kappa shape index (κ3) is 4.34. The van der Waals surface area contributed by atoms with Crippen molar-refractivity contribution in [3.8, 4) is 39.5 Å². The molecule has 3 aromatic rings. The zero-order valence-corrected chi connectivity index (χ0v) is 17.6. The maximum atomic E-state index is 11.4. The van der Waals surface area contributed by atoms with Crippen molar-refractivity contribution in [2.45, 2.75) is 18.5 Å². The molecule has 0 saturated heterocycles. The summed E-state index contributed by atoms with van der Waals surface area (Å²) in [6.45, 7) is 0. The molecule has 0 aromatic heterocycles. The highest BCUT2D eigenvalue weighted by molar-refractivity contribution is 5.87. The van der Waals surface area contributed by atoms with Crippen LogP contribution in [0.3, 0.4) is 0 Å². The average molecular weight is 450 g/mol. The summed E-state index contributed by atoms with van der Waals surface area (Å²) in [4.78, 5) is 11.4. The first-order chi connectivity index (χ1) is 15.9. The van der Waals surface area contributed by atoms with Gasteiger partial charge in [-0.15, -0.1) is 0 Å². The summed E-state index contributed by atoms with van der Waals surface area (Å²) in [5, 5.41) is 40.9. The number of phenolic OH excluding ortho intramolecular Hbond substituents is 1. The lowest BCUT2D eigenvalue weighted by molar-refractivity contribution is -0.172. The maximum absolute atomic E-state index is 11.4. The van der Waals surface area contributed by atoms with E-state index in [-0.39, 0.29) is 22.8 Å². The zero-order chi connectivity index (χ0) is 23.5. The summed E-state index contributed by atoms with van der Waals surface area (Å²) in [6, 6.07) is 19.6. The van der Waals surface area contributed by atoms with E-state index in [4.69, 9.17) is 14.2 Å². The van der Waals surface area contributed by atoms with Gasteiger partial charge in [-0.3, -0.25) is 0 Å². The van der Waals surface area contributed by atoms with Gasteiger partial charge in [0, 0.05) is 5.56 Å². The average Bonchev–Trinajstić information content (AvgIpc) is 2.82. The van der Waals surface area contributed by atoms with E-state index in [9.17, 15) is 25.2 Å². The van der Waals surface area contributed by atoms with Crippen molar-refractivity contribution in [3.63, 3.8) is 0 Å². The molecule has 170 valence electrons. The summed E-state index contributed by atoms with van der Waals surface area (Å²) in [6.07, 6.45) is -3.74. The first kappa shape index (κ1) is 22.2. The molecular weight excluding hydrogens is 428 g/mol. The van der Waals surface area contributed by atoms with Crippen molar-refractivity contribution in [1.29, 1.82) is 0 Å². The fourth-order valence-corrected chi connectivity index (χ4v) is 3.63. The Kier molecular flexibility index (Phi) is 6.21. The van der Waals surface area contributed by atoms with Crippen LogP contribution in [0.5, 0.6) is 17.2 Å². The molecule has 1 heterocycles. The number of hydrogen-bond donors (Lipinski definition) is 4. The number of methoxy groups -OCH3 is 1. The molecule has 0 aliphatic carbocycles. The van der Waals surface area contributed by atoms with Gasteiger partial charge in [0.05, 0.1) is 12.7 Å². The molecule has 0 radical (unpaired) electrons. The number of aliphatic hydroxyl groups is 2. The zero-order valence-electron chi connectivity index (χ0n) is 17.6. The van der Waals surface area contributed by atoms with Gasteiger partial charge in [-0.1, -0.05) is 60.7 Å². The van der Waals surface area contributed by atoms with Crippen LogP contribution in [-0.2, 0) is 9.53 Å². The molecule has 0 spiro atoms. The number of carbonyl (C=O) groups is 1. The molecule has 0 bridgehead atoms. The Hall–Kier alpha value is -4.01. The Morgan fingerprint density at radius 2 is 1.58 bits per heavy atom. The largest absolute Gasteiger partial charge is 0.504 e. The van der Waals surface area contributed by atoms with Crippen LogP contribution in [0.1, 0.15) is 0 Å². The molecule has 4 rings (SSSR count). The number of ether oxygens (including phenoxy) is 3. The summed E-state index contributed by atoms with van der Waals surface area (Å²) >= 11 is 0. The standard InChI is InChI=1S/C25H22O8/c1-31-23-16(14-8-4-2-5-9-14)12-18(20(22(23)28)15-10-6-3-7-11-15)32-25-21(27)17(26)13-19(33-25)24(29)30/h2-13,17,21,25-28H,1H3,(H,29,30)/t17-,21+,25+/m0/s1. The van der Waals surface area contributed by atoms with E-state index in [2.05, 4.69) is 0 Å². The second-order valence-corrected chi connectivity index (χ2v) is 7.33. The molecule has 33 heavy (non-hydrogen) atoms.